The molecule has 3 rings (SSSR count). The molecule has 3 heterocycles. The lowest BCUT2D eigenvalue weighted by Gasteiger charge is -2.22. The van der Waals surface area contributed by atoms with Crippen LogP contribution in [-0.2, 0) is 6.42 Å². The van der Waals surface area contributed by atoms with Gasteiger partial charge >= 0.3 is 0 Å². The number of piperidine rings is 1. The van der Waals surface area contributed by atoms with Crippen LogP contribution in [0.3, 0.4) is 0 Å². The monoisotopic (exact) mass is 382 g/mol. The highest BCUT2D eigenvalue weighted by Crippen LogP contribution is 2.26. The lowest BCUT2D eigenvalue weighted by atomic mass is 9.91. The van der Waals surface area contributed by atoms with E-state index in [2.05, 4.69) is 46.9 Å². The molecule has 2 aromatic rings. The summed E-state index contributed by atoms with van der Waals surface area (Å²) in [7, 11) is 0. The zero-order chi connectivity index (χ0) is 19.6. The Hall–Kier alpha value is -2.21. The van der Waals surface area contributed by atoms with Crippen molar-refractivity contribution in [3.05, 3.63) is 30.1 Å². The second kappa shape index (κ2) is 11.0. The van der Waals surface area contributed by atoms with Gasteiger partial charge in [-0.05, 0) is 62.7 Å². The topological polar surface area (TPSA) is 74.8 Å². The fraction of sp³-hybridized carbons (Fsp3) is 0.591. The van der Waals surface area contributed by atoms with Gasteiger partial charge in [-0.3, -0.25) is 4.98 Å². The number of unbranched alkanes of at least 4 members (excludes halogenated alkanes) is 1. The summed E-state index contributed by atoms with van der Waals surface area (Å²) in [5, 5.41) is 10.2. The highest BCUT2D eigenvalue weighted by atomic mass is 15.1. The third-order valence-electron chi connectivity index (χ3n) is 5.23. The second-order valence-corrected chi connectivity index (χ2v) is 7.61. The van der Waals surface area contributed by atoms with E-state index in [4.69, 9.17) is 9.97 Å². The van der Waals surface area contributed by atoms with E-state index >= 15 is 0 Å². The predicted molar refractivity (Wildman–Crippen MR) is 117 cm³/mol. The Bertz CT molecular complexity index is 709. The van der Waals surface area contributed by atoms with Crippen molar-refractivity contribution in [3.63, 3.8) is 0 Å². The Morgan fingerprint density at radius 2 is 1.86 bits per heavy atom. The molecule has 2 aromatic heterocycles. The normalized spacial score (nSPS) is 14.8. The summed E-state index contributed by atoms with van der Waals surface area (Å²) in [4.78, 5) is 13.9. The van der Waals surface area contributed by atoms with Crippen molar-refractivity contribution in [2.75, 3.05) is 36.8 Å². The first-order valence-electron chi connectivity index (χ1n) is 10.8. The Labute approximate surface area is 169 Å². The van der Waals surface area contributed by atoms with E-state index in [0.29, 0.717) is 5.95 Å². The molecule has 0 saturated carbocycles. The lowest BCUT2D eigenvalue weighted by Crippen LogP contribution is -2.28. The van der Waals surface area contributed by atoms with E-state index < -0.39 is 0 Å². The van der Waals surface area contributed by atoms with Gasteiger partial charge in [-0.1, -0.05) is 26.3 Å². The molecule has 152 valence electrons. The Balaban J connectivity index is 1.72. The SMILES string of the molecule is CCCCNc1ncc(-c2ccc(CC3CCNCC3)cn2)c(NCCC)n1. The van der Waals surface area contributed by atoms with Gasteiger partial charge in [-0.15, -0.1) is 0 Å². The molecule has 0 unspecified atom stereocenters. The van der Waals surface area contributed by atoms with Gasteiger partial charge < -0.3 is 16.0 Å². The molecule has 1 saturated heterocycles. The van der Waals surface area contributed by atoms with E-state index in [-0.39, 0.29) is 0 Å². The highest BCUT2D eigenvalue weighted by molar-refractivity contribution is 5.72. The lowest BCUT2D eigenvalue weighted by molar-refractivity contribution is 0.372. The van der Waals surface area contributed by atoms with Gasteiger partial charge in [-0.2, -0.15) is 4.98 Å². The van der Waals surface area contributed by atoms with Crippen LogP contribution in [0.4, 0.5) is 11.8 Å². The van der Waals surface area contributed by atoms with Crippen molar-refractivity contribution in [1.29, 1.82) is 0 Å². The van der Waals surface area contributed by atoms with Crippen LogP contribution < -0.4 is 16.0 Å². The fourth-order valence-electron chi connectivity index (χ4n) is 3.53. The van der Waals surface area contributed by atoms with E-state index in [9.17, 15) is 0 Å². The molecule has 0 bridgehead atoms. The third kappa shape index (κ3) is 5.89. The molecule has 0 radical (unpaired) electrons. The molecule has 0 aliphatic carbocycles. The van der Waals surface area contributed by atoms with Crippen LogP contribution in [-0.4, -0.2) is 41.1 Å². The molecule has 3 N–H and O–H groups in total. The molecule has 1 fully saturated rings. The maximum absolute atomic E-state index is 4.73. The summed E-state index contributed by atoms with van der Waals surface area (Å²) in [6.45, 7) is 8.39. The largest absolute Gasteiger partial charge is 0.369 e. The van der Waals surface area contributed by atoms with Crippen LogP contribution in [0, 0.1) is 5.92 Å². The summed E-state index contributed by atoms with van der Waals surface area (Å²) in [5.74, 6) is 2.31. The van der Waals surface area contributed by atoms with Gasteiger partial charge in [0.1, 0.15) is 5.82 Å². The number of nitrogens with zero attached hydrogens (tertiary/aromatic N) is 3. The smallest absolute Gasteiger partial charge is 0.224 e. The van der Waals surface area contributed by atoms with Crippen LogP contribution in [0.25, 0.3) is 11.3 Å². The molecule has 0 spiro atoms. The second-order valence-electron chi connectivity index (χ2n) is 7.61. The summed E-state index contributed by atoms with van der Waals surface area (Å²) < 4.78 is 0. The quantitative estimate of drug-likeness (QED) is 0.537. The molecule has 6 nitrogen and oxygen atoms in total. The standard InChI is InChI=1S/C22H34N6/c1-3-5-11-25-22-27-16-19(21(28-22)24-10-4-2)20-7-6-18(15-26-20)14-17-8-12-23-13-9-17/h6-7,15-17,23H,3-5,8-14H2,1-2H3,(H2,24,25,27,28). The summed E-state index contributed by atoms with van der Waals surface area (Å²) in [6.07, 6.45) is 10.8. The number of anilines is 2. The Kier molecular flexibility index (Phi) is 8.03. The molecule has 1 aliphatic heterocycles. The zero-order valence-electron chi connectivity index (χ0n) is 17.3. The minimum Gasteiger partial charge on any atom is -0.369 e. The summed E-state index contributed by atoms with van der Waals surface area (Å²) in [5.41, 5.74) is 3.20. The minimum atomic E-state index is 0.679. The van der Waals surface area contributed by atoms with E-state index in [1.807, 2.05) is 12.4 Å². The number of hydrogen-bond acceptors (Lipinski definition) is 6. The van der Waals surface area contributed by atoms with Crippen molar-refractivity contribution in [2.24, 2.45) is 5.92 Å². The van der Waals surface area contributed by atoms with Crippen LogP contribution in [0.5, 0.6) is 0 Å². The van der Waals surface area contributed by atoms with Gasteiger partial charge in [0, 0.05) is 25.5 Å². The van der Waals surface area contributed by atoms with E-state index in [0.717, 1.165) is 74.9 Å². The number of hydrogen-bond donors (Lipinski definition) is 3. The van der Waals surface area contributed by atoms with Gasteiger partial charge in [0.15, 0.2) is 0 Å². The molecule has 0 amide bonds. The van der Waals surface area contributed by atoms with Crippen molar-refractivity contribution in [3.8, 4) is 11.3 Å². The van der Waals surface area contributed by atoms with Gasteiger partial charge in [0.2, 0.25) is 5.95 Å². The molecule has 0 atom stereocenters. The summed E-state index contributed by atoms with van der Waals surface area (Å²) in [6, 6.07) is 4.32. The van der Waals surface area contributed by atoms with Crippen molar-refractivity contribution in [1.82, 2.24) is 20.3 Å². The Morgan fingerprint density at radius 1 is 1.00 bits per heavy atom. The predicted octanol–water partition coefficient (Wildman–Crippen LogP) is 4.11. The maximum Gasteiger partial charge on any atom is 0.224 e. The van der Waals surface area contributed by atoms with Crippen LogP contribution >= 0.6 is 0 Å². The average molecular weight is 383 g/mol. The van der Waals surface area contributed by atoms with Gasteiger partial charge in [0.05, 0.1) is 11.3 Å². The third-order valence-corrected chi connectivity index (χ3v) is 5.23. The molecule has 6 heteroatoms. The molecular weight excluding hydrogens is 348 g/mol. The van der Waals surface area contributed by atoms with Crippen molar-refractivity contribution >= 4 is 11.8 Å². The summed E-state index contributed by atoms with van der Waals surface area (Å²) >= 11 is 0. The first-order chi connectivity index (χ1) is 13.8. The molecule has 0 aromatic carbocycles. The average Bonchev–Trinajstić information content (AvgIpc) is 2.74. The van der Waals surface area contributed by atoms with Gasteiger partial charge in [-0.25, -0.2) is 4.98 Å². The number of rotatable bonds is 10. The van der Waals surface area contributed by atoms with Crippen molar-refractivity contribution in [2.45, 2.75) is 52.4 Å². The molecular formula is C22H34N6. The minimum absolute atomic E-state index is 0.679. The molecule has 1 aliphatic rings. The zero-order valence-corrected chi connectivity index (χ0v) is 17.3. The number of pyridine rings is 1. The highest BCUT2D eigenvalue weighted by Gasteiger charge is 2.15. The fourth-order valence-corrected chi connectivity index (χ4v) is 3.53. The Morgan fingerprint density at radius 3 is 2.57 bits per heavy atom. The molecule has 28 heavy (non-hydrogen) atoms. The first-order valence-corrected chi connectivity index (χ1v) is 10.8. The van der Waals surface area contributed by atoms with E-state index in [1.165, 1.54) is 18.4 Å². The van der Waals surface area contributed by atoms with Crippen LogP contribution in [0.1, 0.15) is 51.5 Å². The number of aromatic nitrogens is 3. The maximum atomic E-state index is 4.73. The van der Waals surface area contributed by atoms with Crippen LogP contribution in [0.2, 0.25) is 0 Å². The first kappa shape index (κ1) is 20.5. The van der Waals surface area contributed by atoms with Gasteiger partial charge in [0.25, 0.3) is 0 Å². The van der Waals surface area contributed by atoms with E-state index in [1.54, 1.807) is 0 Å². The van der Waals surface area contributed by atoms with Crippen molar-refractivity contribution < 1.29 is 0 Å². The van der Waals surface area contributed by atoms with Crippen LogP contribution in [0.15, 0.2) is 24.5 Å². The number of nitrogens with one attached hydrogen (secondary N) is 3.